The molecule has 1 aliphatic rings. The zero-order valence-corrected chi connectivity index (χ0v) is 12.5. The van der Waals surface area contributed by atoms with Crippen molar-refractivity contribution in [2.24, 2.45) is 7.05 Å². The second kappa shape index (κ2) is 5.59. The zero-order chi connectivity index (χ0) is 13.3. The molecule has 102 valence electrons. The van der Waals surface area contributed by atoms with Crippen LogP contribution in [0.15, 0.2) is 0 Å². The highest BCUT2D eigenvalue weighted by Crippen LogP contribution is 2.23. The normalized spacial score (nSPS) is 25.6. The topological polar surface area (TPSA) is 33.1 Å². The van der Waals surface area contributed by atoms with Crippen LogP contribution in [0.25, 0.3) is 0 Å². The van der Waals surface area contributed by atoms with Crippen LogP contribution < -0.4 is 5.32 Å². The number of aromatic nitrogens is 2. The molecule has 1 aliphatic heterocycles. The Labute approximate surface area is 114 Å². The van der Waals surface area contributed by atoms with E-state index >= 15 is 0 Å². The van der Waals surface area contributed by atoms with E-state index in [1.165, 1.54) is 0 Å². The van der Waals surface area contributed by atoms with Gasteiger partial charge in [-0.05, 0) is 20.3 Å². The first-order valence-corrected chi connectivity index (χ1v) is 7.08. The van der Waals surface area contributed by atoms with Crippen molar-refractivity contribution >= 4 is 11.6 Å². The zero-order valence-electron chi connectivity index (χ0n) is 11.7. The van der Waals surface area contributed by atoms with Gasteiger partial charge in [0.05, 0.1) is 16.4 Å². The van der Waals surface area contributed by atoms with Gasteiger partial charge in [0.1, 0.15) is 0 Å². The fraction of sp³-hybridized carbons (Fsp3) is 0.769. The summed E-state index contributed by atoms with van der Waals surface area (Å²) in [6.45, 7) is 9.55. The number of halogens is 1. The summed E-state index contributed by atoms with van der Waals surface area (Å²) >= 11 is 6.41. The van der Waals surface area contributed by atoms with E-state index in [2.05, 4.69) is 36.1 Å². The first-order valence-electron chi connectivity index (χ1n) is 6.70. The van der Waals surface area contributed by atoms with Gasteiger partial charge in [0.2, 0.25) is 0 Å². The lowest BCUT2D eigenvalue weighted by molar-refractivity contribution is 0.135. The van der Waals surface area contributed by atoms with Crippen LogP contribution in [0.2, 0.25) is 5.02 Å². The molecule has 0 aliphatic carbocycles. The Bertz CT molecular complexity index is 415. The summed E-state index contributed by atoms with van der Waals surface area (Å²) in [5.74, 6) is 0. The van der Waals surface area contributed by atoms with Gasteiger partial charge in [0.15, 0.2) is 0 Å². The summed E-state index contributed by atoms with van der Waals surface area (Å²) in [7, 11) is 1.98. The predicted molar refractivity (Wildman–Crippen MR) is 74.9 cm³/mol. The Morgan fingerprint density at radius 3 is 2.78 bits per heavy atom. The summed E-state index contributed by atoms with van der Waals surface area (Å²) in [4.78, 5) is 2.48. The highest BCUT2D eigenvalue weighted by molar-refractivity contribution is 6.31. The standard InChI is InChI=1S/C13H23ClN4/c1-5-11-13(14)12(17(4)16-11)8-18-7-9(2)15-6-10(18)3/h9-10,15H,5-8H2,1-4H3. The molecule has 0 saturated carbocycles. The van der Waals surface area contributed by atoms with Gasteiger partial charge in [-0.1, -0.05) is 18.5 Å². The second-order valence-corrected chi connectivity index (χ2v) is 5.65. The van der Waals surface area contributed by atoms with E-state index in [0.29, 0.717) is 12.1 Å². The van der Waals surface area contributed by atoms with Crippen LogP contribution in [0.4, 0.5) is 0 Å². The Hall–Kier alpha value is -0.580. The van der Waals surface area contributed by atoms with Gasteiger partial charge in [-0.25, -0.2) is 0 Å². The van der Waals surface area contributed by atoms with Crippen LogP contribution in [0.3, 0.4) is 0 Å². The van der Waals surface area contributed by atoms with Gasteiger partial charge < -0.3 is 5.32 Å². The molecule has 5 heteroatoms. The van der Waals surface area contributed by atoms with Gasteiger partial charge in [-0.15, -0.1) is 0 Å². The minimum absolute atomic E-state index is 0.539. The van der Waals surface area contributed by atoms with Crippen LogP contribution in [-0.4, -0.2) is 39.9 Å². The molecule has 0 spiro atoms. The van der Waals surface area contributed by atoms with Crippen LogP contribution in [-0.2, 0) is 20.0 Å². The SMILES string of the molecule is CCc1nn(C)c(CN2CC(C)NCC2C)c1Cl. The van der Waals surface area contributed by atoms with Crippen molar-refractivity contribution in [2.45, 2.75) is 45.8 Å². The number of piperazine rings is 1. The molecule has 0 aromatic carbocycles. The maximum Gasteiger partial charge on any atom is 0.0863 e. The number of rotatable bonds is 3. The fourth-order valence-corrected chi connectivity index (χ4v) is 2.85. The average Bonchev–Trinajstić information content (AvgIpc) is 2.61. The highest BCUT2D eigenvalue weighted by Gasteiger charge is 2.24. The molecule has 0 bridgehead atoms. The van der Waals surface area contributed by atoms with E-state index in [1.807, 2.05) is 11.7 Å². The maximum absolute atomic E-state index is 6.41. The summed E-state index contributed by atoms with van der Waals surface area (Å²) in [6.07, 6.45) is 0.889. The first-order chi connectivity index (χ1) is 8.52. The molecule has 1 saturated heterocycles. The van der Waals surface area contributed by atoms with Crippen molar-refractivity contribution in [3.63, 3.8) is 0 Å². The van der Waals surface area contributed by atoms with Crippen LogP contribution >= 0.6 is 11.6 Å². The Morgan fingerprint density at radius 2 is 2.17 bits per heavy atom. The van der Waals surface area contributed by atoms with E-state index in [-0.39, 0.29) is 0 Å². The lowest BCUT2D eigenvalue weighted by Gasteiger charge is -2.37. The van der Waals surface area contributed by atoms with E-state index < -0.39 is 0 Å². The molecule has 1 aromatic heterocycles. The number of hydrogen-bond acceptors (Lipinski definition) is 3. The van der Waals surface area contributed by atoms with E-state index in [9.17, 15) is 0 Å². The largest absolute Gasteiger partial charge is 0.311 e. The predicted octanol–water partition coefficient (Wildman–Crippen LogP) is 1.82. The van der Waals surface area contributed by atoms with Gasteiger partial charge in [-0.2, -0.15) is 5.10 Å². The summed E-state index contributed by atoms with van der Waals surface area (Å²) in [6, 6.07) is 1.08. The second-order valence-electron chi connectivity index (χ2n) is 5.27. The Balaban J connectivity index is 2.15. The molecule has 2 unspecified atom stereocenters. The number of nitrogens with one attached hydrogen (secondary N) is 1. The minimum Gasteiger partial charge on any atom is -0.311 e. The quantitative estimate of drug-likeness (QED) is 0.910. The molecule has 4 nitrogen and oxygen atoms in total. The molecule has 0 amide bonds. The van der Waals surface area contributed by atoms with Gasteiger partial charge in [0, 0.05) is 38.8 Å². The van der Waals surface area contributed by atoms with Crippen molar-refractivity contribution in [2.75, 3.05) is 13.1 Å². The molecule has 2 atom stereocenters. The van der Waals surface area contributed by atoms with Crippen molar-refractivity contribution < 1.29 is 0 Å². The van der Waals surface area contributed by atoms with Crippen molar-refractivity contribution in [1.82, 2.24) is 20.0 Å². The lowest BCUT2D eigenvalue weighted by atomic mass is 10.1. The highest BCUT2D eigenvalue weighted by atomic mass is 35.5. The molecular weight excluding hydrogens is 248 g/mol. The Kier molecular flexibility index (Phi) is 4.30. The lowest BCUT2D eigenvalue weighted by Crippen LogP contribution is -2.53. The monoisotopic (exact) mass is 270 g/mol. The van der Waals surface area contributed by atoms with Gasteiger partial charge in [-0.3, -0.25) is 9.58 Å². The van der Waals surface area contributed by atoms with E-state index in [0.717, 1.165) is 42.5 Å². The number of aryl methyl sites for hydroxylation is 2. The molecule has 18 heavy (non-hydrogen) atoms. The molecule has 1 fully saturated rings. The third-order valence-electron chi connectivity index (χ3n) is 3.75. The summed E-state index contributed by atoms with van der Waals surface area (Å²) in [5, 5.41) is 8.82. The third-order valence-corrected chi connectivity index (χ3v) is 4.19. The van der Waals surface area contributed by atoms with Crippen LogP contribution in [0.1, 0.15) is 32.2 Å². The maximum atomic E-state index is 6.41. The molecule has 1 N–H and O–H groups in total. The van der Waals surface area contributed by atoms with Gasteiger partial charge in [0.25, 0.3) is 0 Å². The van der Waals surface area contributed by atoms with Crippen LogP contribution in [0.5, 0.6) is 0 Å². The number of hydrogen-bond donors (Lipinski definition) is 1. The molecule has 2 rings (SSSR count). The van der Waals surface area contributed by atoms with Crippen molar-refractivity contribution in [3.05, 3.63) is 16.4 Å². The summed E-state index contributed by atoms with van der Waals surface area (Å²) < 4.78 is 1.93. The average molecular weight is 271 g/mol. The number of nitrogens with zero attached hydrogens (tertiary/aromatic N) is 3. The minimum atomic E-state index is 0.539. The van der Waals surface area contributed by atoms with E-state index in [1.54, 1.807) is 0 Å². The molecular formula is C13H23ClN4. The smallest absolute Gasteiger partial charge is 0.0863 e. The third kappa shape index (κ3) is 2.71. The van der Waals surface area contributed by atoms with Crippen molar-refractivity contribution in [3.8, 4) is 0 Å². The van der Waals surface area contributed by atoms with Crippen molar-refractivity contribution in [1.29, 1.82) is 0 Å². The first kappa shape index (κ1) is 13.8. The molecule has 2 heterocycles. The van der Waals surface area contributed by atoms with Gasteiger partial charge >= 0.3 is 0 Å². The van der Waals surface area contributed by atoms with E-state index in [4.69, 9.17) is 11.6 Å². The molecule has 0 radical (unpaired) electrons. The Morgan fingerprint density at radius 1 is 1.44 bits per heavy atom. The fourth-order valence-electron chi connectivity index (χ4n) is 2.50. The van der Waals surface area contributed by atoms with Crippen LogP contribution in [0, 0.1) is 0 Å². The summed E-state index contributed by atoms with van der Waals surface area (Å²) in [5.41, 5.74) is 2.14. The molecule has 1 aromatic rings.